The van der Waals surface area contributed by atoms with Gasteiger partial charge in [-0.25, -0.2) is 0 Å². The monoisotopic (exact) mass is 985 g/mol. The lowest BCUT2D eigenvalue weighted by Crippen LogP contribution is -2.61. The van der Waals surface area contributed by atoms with Crippen molar-refractivity contribution in [1.82, 2.24) is 0 Å². The molecular weight excluding hydrogens is 885 g/mol. The summed E-state index contributed by atoms with van der Waals surface area (Å²) >= 11 is 0. The first kappa shape index (κ1) is 63.3. The molecule has 0 aromatic rings. The number of carbonyl (C=O) groups is 1. The Morgan fingerprint density at radius 3 is 1.41 bits per heavy atom. The van der Waals surface area contributed by atoms with Crippen LogP contribution in [0.3, 0.4) is 0 Å². The average molecular weight is 985 g/mol. The van der Waals surface area contributed by atoms with Crippen molar-refractivity contribution in [2.45, 2.75) is 274 Å². The third-order valence-electron chi connectivity index (χ3n) is 13.2. The van der Waals surface area contributed by atoms with Crippen molar-refractivity contribution < 1.29 is 69.0 Å². The molecule has 7 N–H and O–H groups in total. The maximum absolute atomic E-state index is 13.0. The predicted octanol–water partition coefficient (Wildman–Crippen LogP) is 8.97. The van der Waals surface area contributed by atoms with Crippen LogP contribution in [0.5, 0.6) is 0 Å². The van der Waals surface area contributed by atoms with Gasteiger partial charge in [0.05, 0.1) is 26.4 Å². The Kier molecular flexibility index (Phi) is 39.2. The zero-order chi connectivity index (χ0) is 50.2. The minimum atomic E-state index is -1.70. The van der Waals surface area contributed by atoms with Crippen molar-refractivity contribution >= 4 is 5.97 Å². The SMILES string of the molecule is CCCCCCC/C=C\C/C=C\C/C=C\CCCCCCCCCCCCC(=O)OC(COCCCCCCCCCCCC)COC1OC(COC2OC(CO)C(O)C(O)C2O)C(O)C(O)C1O. The van der Waals surface area contributed by atoms with E-state index in [9.17, 15) is 40.5 Å². The number of hydrogen-bond donors (Lipinski definition) is 7. The largest absolute Gasteiger partial charge is 0.457 e. The van der Waals surface area contributed by atoms with E-state index in [2.05, 4.69) is 50.3 Å². The average Bonchev–Trinajstić information content (AvgIpc) is 3.35. The van der Waals surface area contributed by atoms with Gasteiger partial charge in [-0.05, 0) is 51.4 Å². The van der Waals surface area contributed by atoms with Gasteiger partial charge in [-0.15, -0.1) is 0 Å². The smallest absolute Gasteiger partial charge is 0.306 e. The first-order chi connectivity index (χ1) is 33.6. The van der Waals surface area contributed by atoms with Gasteiger partial charge in [0.25, 0.3) is 0 Å². The number of esters is 1. The second kappa shape index (κ2) is 42.7. The molecule has 404 valence electrons. The van der Waals surface area contributed by atoms with Gasteiger partial charge in [0.1, 0.15) is 54.9 Å². The van der Waals surface area contributed by atoms with E-state index in [1.54, 1.807) is 0 Å². The maximum Gasteiger partial charge on any atom is 0.306 e. The first-order valence-electron chi connectivity index (χ1n) is 27.6. The van der Waals surface area contributed by atoms with Crippen LogP contribution in [-0.2, 0) is 33.2 Å². The summed E-state index contributed by atoms with van der Waals surface area (Å²) in [5.74, 6) is -0.379. The molecule has 2 fully saturated rings. The third kappa shape index (κ3) is 30.1. The van der Waals surface area contributed by atoms with Crippen molar-refractivity contribution in [2.75, 3.05) is 33.0 Å². The van der Waals surface area contributed by atoms with Crippen molar-refractivity contribution in [3.05, 3.63) is 36.5 Å². The number of allylic oxidation sites excluding steroid dienone is 6. The highest BCUT2D eigenvalue weighted by atomic mass is 16.7. The molecule has 14 nitrogen and oxygen atoms in total. The molecule has 0 saturated carbocycles. The van der Waals surface area contributed by atoms with E-state index in [4.69, 9.17) is 28.4 Å². The summed E-state index contributed by atoms with van der Waals surface area (Å²) in [5.41, 5.74) is 0. The topological polar surface area (TPSA) is 214 Å². The Labute approximate surface area is 417 Å². The van der Waals surface area contributed by atoms with Gasteiger partial charge in [0.2, 0.25) is 0 Å². The van der Waals surface area contributed by atoms with Crippen LogP contribution in [0.15, 0.2) is 36.5 Å². The molecule has 2 aliphatic heterocycles. The summed E-state index contributed by atoms with van der Waals surface area (Å²) in [4.78, 5) is 13.0. The quantitative estimate of drug-likeness (QED) is 0.0173. The van der Waals surface area contributed by atoms with Gasteiger partial charge in [0, 0.05) is 13.0 Å². The van der Waals surface area contributed by atoms with Gasteiger partial charge in [-0.2, -0.15) is 0 Å². The number of ether oxygens (including phenoxy) is 6. The fourth-order valence-corrected chi connectivity index (χ4v) is 8.65. The van der Waals surface area contributed by atoms with Gasteiger partial charge in [-0.3, -0.25) is 4.79 Å². The molecule has 69 heavy (non-hydrogen) atoms. The molecule has 2 saturated heterocycles. The van der Waals surface area contributed by atoms with Gasteiger partial charge >= 0.3 is 5.97 Å². The van der Waals surface area contributed by atoms with Crippen LogP contribution >= 0.6 is 0 Å². The molecule has 0 aromatic carbocycles. The van der Waals surface area contributed by atoms with E-state index in [-0.39, 0.29) is 25.6 Å². The first-order valence-corrected chi connectivity index (χ1v) is 27.6. The summed E-state index contributed by atoms with van der Waals surface area (Å²) in [7, 11) is 0. The molecule has 0 aromatic heterocycles. The normalized spacial score (nSPS) is 25.9. The van der Waals surface area contributed by atoms with Crippen LogP contribution in [0.2, 0.25) is 0 Å². The number of carbonyl (C=O) groups excluding carboxylic acids is 1. The van der Waals surface area contributed by atoms with Crippen molar-refractivity contribution in [3.63, 3.8) is 0 Å². The van der Waals surface area contributed by atoms with Gasteiger partial charge in [-0.1, -0.05) is 185 Å². The second-order valence-electron chi connectivity index (χ2n) is 19.4. The lowest BCUT2D eigenvalue weighted by molar-refractivity contribution is -0.332. The van der Waals surface area contributed by atoms with E-state index in [0.29, 0.717) is 13.0 Å². The number of unbranched alkanes of at least 4 members (excludes halogenated alkanes) is 24. The van der Waals surface area contributed by atoms with Crippen LogP contribution in [0.4, 0.5) is 0 Å². The fourth-order valence-electron chi connectivity index (χ4n) is 8.65. The summed E-state index contributed by atoms with van der Waals surface area (Å²) in [6.07, 6.45) is 32.1. The molecule has 0 aliphatic carbocycles. The zero-order valence-corrected chi connectivity index (χ0v) is 43.1. The third-order valence-corrected chi connectivity index (χ3v) is 13.2. The minimum absolute atomic E-state index is 0.0623. The highest BCUT2D eigenvalue weighted by molar-refractivity contribution is 5.69. The standard InChI is InChI=1S/C55H100O14/c1-3-5-7-9-11-13-15-16-17-18-19-20-21-22-23-24-25-26-27-28-29-30-32-34-36-38-47(57)67-44(41-64-39-37-35-33-31-14-12-10-8-6-4-2)42-65-54-53(63)51(61)49(59)46(69-54)43-66-55-52(62)50(60)48(58)45(40-56)68-55/h15-16,18-19,21-22,44-46,48-56,58-63H,3-14,17,20,23-43H2,1-2H3/b16-15-,19-18-,22-21-. The summed E-state index contributed by atoms with van der Waals surface area (Å²) in [6, 6.07) is 0. The Bertz CT molecular complexity index is 1280. The van der Waals surface area contributed by atoms with Crippen molar-refractivity contribution in [2.24, 2.45) is 0 Å². The zero-order valence-electron chi connectivity index (χ0n) is 43.1. The van der Waals surface area contributed by atoms with Crippen LogP contribution < -0.4 is 0 Å². The highest BCUT2D eigenvalue weighted by Gasteiger charge is 2.47. The molecule has 14 heteroatoms. The summed E-state index contributed by atoms with van der Waals surface area (Å²) in [6.45, 7) is 3.68. The summed E-state index contributed by atoms with van der Waals surface area (Å²) < 4.78 is 34.3. The summed E-state index contributed by atoms with van der Waals surface area (Å²) in [5, 5.41) is 72.1. The van der Waals surface area contributed by atoms with Crippen molar-refractivity contribution in [3.8, 4) is 0 Å². The minimum Gasteiger partial charge on any atom is -0.457 e. The molecule has 2 aliphatic rings. The molecule has 0 amide bonds. The van der Waals surface area contributed by atoms with Crippen LogP contribution in [-0.4, -0.2) is 142 Å². The van der Waals surface area contributed by atoms with Gasteiger partial charge in [0.15, 0.2) is 12.6 Å². The maximum atomic E-state index is 13.0. The second-order valence-corrected chi connectivity index (χ2v) is 19.4. The van der Waals surface area contributed by atoms with Crippen LogP contribution in [0.1, 0.15) is 206 Å². The predicted molar refractivity (Wildman–Crippen MR) is 270 cm³/mol. The van der Waals surface area contributed by atoms with E-state index < -0.39 is 80.7 Å². The Morgan fingerprint density at radius 2 is 0.899 bits per heavy atom. The molecule has 11 atom stereocenters. The van der Waals surface area contributed by atoms with Crippen molar-refractivity contribution in [1.29, 1.82) is 0 Å². The fraction of sp³-hybridized carbons (Fsp3) is 0.873. The Balaban J connectivity index is 1.68. The number of hydrogen-bond acceptors (Lipinski definition) is 14. The molecular formula is C55H100O14. The molecule has 0 radical (unpaired) electrons. The lowest BCUT2D eigenvalue weighted by atomic mass is 9.98. The van der Waals surface area contributed by atoms with Crippen LogP contribution in [0, 0.1) is 0 Å². The molecule has 0 spiro atoms. The number of rotatable bonds is 44. The Morgan fingerprint density at radius 1 is 0.478 bits per heavy atom. The van der Waals surface area contributed by atoms with E-state index in [1.807, 2.05) is 0 Å². The van der Waals surface area contributed by atoms with E-state index in [1.165, 1.54) is 122 Å². The van der Waals surface area contributed by atoms with Crippen LogP contribution in [0.25, 0.3) is 0 Å². The molecule has 0 bridgehead atoms. The number of aliphatic hydroxyl groups is 7. The molecule has 2 heterocycles. The van der Waals surface area contributed by atoms with Gasteiger partial charge < -0.3 is 64.2 Å². The lowest BCUT2D eigenvalue weighted by Gasteiger charge is -2.42. The molecule has 11 unspecified atom stereocenters. The highest BCUT2D eigenvalue weighted by Crippen LogP contribution is 2.26. The van der Waals surface area contributed by atoms with E-state index in [0.717, 1.165) is 57.8 Å². The molecule has 2 rings (SSSR count). The number of aliphatic hydroxyl groups excluding tert-OH is 7. The Hall–Kier alpha value is -1.79. The van der Waals surface area contributed by atoms with E-state index >= 15 is 0 Å².